The van der Waals surface area contributed by atoms with Gasteiger partial charge in [-0.15, -0.1) is 0 Å². The van der Waals surface area contributed by atoms with Crippen molar-refractivity contribution < 1.29 is 5.11 Å². The number of allylic oxidation sites excluding steroid dienone is 6. The molecule has 0 aromatic rings. The minimum absolute atomic E-state index is 0.502. The first kappa shape index (κ1) is 20.2. The summed E-state index contributed by atoms with van der Waals surface area (Å²) in [6, 6.07) is 0. The summed E-state index contributed by atoms with van der Waals surface area (Å²) in [5, 5.41) is 9.96. The van der Waals surface area contributed by atoms with Gasteiger partial charge in [-0.3, -0.25) is 0 Å². The Hall–Kier alpha value is -0.820. The molecule has 0 saturated carbocycles. The van der Waals surface area contributed by atoms with E-state index in [9.17, 15) is 5.11 Å². The molecule has 0 fully saturated rings. The van der Waals surface area contributed by atoms with Crippen molar-refractivity contribution in [3.05, 3.63) is 34.9 Å². The molecule has 0 amide bonds. The van der Waals surface area contributed by atoms with E-state index in [1.165, 1.54) is 23.1 Å². The molecule has 1 nitrogen and oxygen atoms in total. The Bertz CT molecular complexity index is 365. The van der Waals surface area contributed by atoms with Gasteiger partial charge in [-0.1, -0.05) is 41.9 Å². The Morgan fingerprint density at radius 1 is 0.857 bits per heavy atom. The number of rotatable bonds is 10. The van der Waals surface area contributed by atoms with Crippen LogP contribution >= 0.6 is 0 Å². The molecule has 1 heteroatoms. The largest absolute Gasteiger partial charge is 0.390 e. The van der Waals surface area contributed by atoms with Crippen LogP contribution in [-0.2, 0) is 0 Å². The van der Waals surface area contributed by atoms with Crippen LogP contribution in [0.1, 0.15) is 86.5 Å². The third-order valence-electron chi connectivity index (χ3n) is 4.06. The van der Waals surface area contributed by atoms with Crippen LogP contribution in [0.25, 0.3) is 0 Å². The molecule has 0 radical (unpaired) electrons. The van der Waals surface area contributed by atoms with Crippen molar-refractivity contribution in [2.24, 2.45) is 0 Å². The second kappa shape index (κ2) is 10.8. The third kappa shape index (κ3) is 12.6. The molecule has 0 aromatic heterocycles. The fourth-order valence-electron chi connectivity index (χ4n) is 2.15. The lowest BCUT2D eigenvalue weighted by atomic mass is 9.96. The number of hydrogen-bond acceptors (Lipinski definition) is 1. The maximum absolute atomic E-state index is 9.96. The van der Waals surface area contributed by atoms with E-state index in [4.69, 9.17) is 0 Å². The monoisotopic (exact) mass is 292 g/mol. The summed E-state index contributed by atoms with van der Waals surface area (Å²) in [6.07, 6.45) is 14.2. The molecule has 0 saturated heterocycles. The zero-order valence-corrected chi connectivity index (χ0v) is 15.1. The molecular formula is C20H36O. The summed E-state index contributed by atoms with van der Waals surface area (Å²) in [4.78, 5) is 0. The lowest BCUT2D eigenvalue weighted by Gasteiger charge is -2.20. The fraction of sp³-hybridized carbons (Fsp3) is 0.700. The second-order valence-corrected chi connectivity index (χ2v) is 6.85. The molecule has 0 unspecified atom stereocenters. The Morgan fingerprint density at radius 3 is 1.81 bits per heavy atom. The van der Waals surface area contributed by atoms with Gasteiger partial charge in [-0.25, -0.2) is 0 Å². The van der Waals surface area contributed by atoms with Crippen molar-refractivity contribution in [1.29, 1.82) is 0 Å². The lowest BCUT2D eigenvalue weighted by Crippen LogP contribution is -2.21. The van der Waals surface area contributed by atoms with Crippen LogP contribution < -0.4 is 0 Å². The maximum Gasteiger partial charge on any atom is 0.0620 e. The second-order valence-electron chi connectivity index (χ2n) is 6.85. The molecule has 0 heterocycles. The minimum atomic E-state index is -0.502. The van der Waals surface area contributed by atoms with Crippen molar-refractivity contribution in [2.75, 3.05) is 0 Å². The van der Waals surface area contributed by atoms with E-state index in [1.807, 2.05) is 13.8 Å². The first-order valence-electron chi connectivity index (χ1n) is 8.44. The summed E-state index contributed by atoms with van der Waals surface area (Å²) in [6.45, 7) is 12.7. The number of aliphatic hydroxyl groups is 1. The molecule has 0 aliphatic heterocycles. The highest BCUT2D eigenvalue weighted by Crippen LogP contribution is 2.18. The van der Waals surface area contributed by atoms with Gasteiger partial charge < -0.3 is 5.11 Å². The Morgan fingerprint density at radius 2 is 1.33 bits per heavy atom. The van der Waals surface area contributed by atoms with E-state index in [0.717, 1.165) is 38.5 Å². The maximum atomic E-state index is 9.96. The summed E-state index contributed by atoms with van der Waals surface area (Å²) >= 11 is 0. The van der Waals surface area contributed by atoms with Crippen LogP contribution in [0, 0.1) is 0 Å². The third-order valence-corrected chi connectivity index (χ3v) is 4.06. The van der Waals surface area contributed by atoms with Gasteiger partial charge >= 0.3 is 0 Å². The summed E-state index contributed by atoms with van der Waals surface area (Å²) in [5.74, 6) is 0. The van der Waals surface area contributed by atoms with Crippen LogP contribution in [0.3, 0.4) is 0 Å². The summed E-state index contributed by atoms with van der Waals surface area (Å²) in [7, 11) is 0. The lowest BCUT2D eigenvalue weighted by molar-refractivity contribution is 0.0480. The predicted molar refractivity (Wildman–Crippen MR) is 95.6 cm³/mol. The molecule has 0 spiro atoms. The first-order valence-corrected chi connectivity index (χ1v) is 8.44. The predicted octanol–water partition coefficient (Wildman–Crippen LogP) is 6.35. The highest BCUT2D eigenvalue weighted by molar-refractivity contribution is 5.05. The van der Waals surface area contributed by atoms with Crippen LogP contribution in [0.5, 0.6) is 0 Å². The topological polar surface area (TPSA) is 20.2 Å². The molecule has 0 aliphatic carbocycles. The Labute approximate surface area is 132 Å². The zero-order valence-electron chi connectivity index (χ0n) is 15.1. The van der Waals surface area contributed by atoms with E-state index in [2.05, 4.69) is 45.9 Å². The van der Waals surface area contributed by atoms with Gasteiger partial charge in [0.25, 0.3) is 0 Å². The van der Waals surface area contributed by atoms with Gasteiger partial charge in [0.2, 0.25) is 0 Å². The fourth-order valence-corrected chi connectivity index (χ4v) is 2.15. The Kier molecular flexibility index (Phi) is 10.4. The molecule has 21 heavy (non-hydrogen) atoms. The van der Waals surface area contributed by atoms with Gasteiger partial charge in [0.15, 0.2) is 0 Å². The molecule has 1 N–H and O–H groups in total. The molecular weight excluding hydrogens is 256 g/mol. The molecule has 1 atom stereocenters. The SMILES string of the molecule is CC[C@](C)(O)CC/C=C(\C)CC/C=C(\C)CCC=C(C)C. The van der Waals surface area contributed by atoms with E-state index in [0.29, 0.717) is 0 Å². The van der Waals surface area contributed by atoms with E-state index in [1.54, 1.807) is 0 Å². The number of hydrogen-bond donors (Lipinski definition) is 1. The van der Waals surface area contributed by atoms with Gasteiger partial charge in [0, 0.05) is 0 Å². The van der Waals surface area contributed by atoms with Crippen LogP contribution in [-0.4, -0.2) is 10.7 Å². The minimum Gasteiger partial charge on any atom is -0.390 e. The molecule has 0 bridgehead atoms. The van der Waals surface area contributed by atoms with Crippen LogP contribution in [0.2, 0.25) is 0 Å². The van der Waals surface area contributed by atoms with Crippen molar-refractivity contribution in [2.45, 2.75) is 92.1 Å². The van der Waals surface area contributed by atoms with Crippen LogP contribution in [0.15, 0.2) is 34.9 Å². The van der Waals surface area contributed by atoms with Gasteiger partial charge in [0.1, 0.15) is 0 Å². The van der Waals surface area contributed by atoms with Crippen molar-refractivity contribution in [3.8, 4) is 0 Å². The zero-order chi connectivity index (χ0) is 16.3. The molecule has 122 valence electrons. The standard InChI is InChI=1S/C20H36O/c1-7-20(6,21)16-10-15-19(5)14-9-13-18(4)12-8-11-17(2)3/h11,13,15,21H,7-10,12,14,16H2,1-6H3/b18-13+,19-15+/t20-/m0/s1. The van der Waals surface area contributed by atoms with E-state index < -0.39 is 5.60 Å². The highest BCUT2D eigenvalue weighted by atomic mass is 16.3. The highest BCUT2D eigenvalue weighted by Gasteiger charge is 2.15. The summed E-state index contributed by atoms with van der Waals surface area (Å²) in [5.41, 5.74) is 3.84. The van der Waals surface area contributed by atoms with Gasteiger partial charge in [-0.05, 0) is 79.6 Å². The van der Waals surface area contributed by atoms with Crippen LogP contribution in [0.4, 0.5) is 0 Å². The van der Waals surface area contributed by atoms with Gasteiger partial charge in [0.05, 0.1) is 5.60 Å². The normalized spacial score (nSPS) is 15.8. The molecule has 0 aromatic carbocycles. The molecule has 0 aliphatic rings. The van der Waals surface area contributed by atoms with E-state index in [-0.39, 0.29) is 0 Å². The summed E-state index contributed by atoms with van der Waals surface area (Å²) < 4.78 is 0. The van der Waals surface area contributed by atoms with E-state index >= 15 is 0 Å². The Balaban J connectivity index is 3.96. The molecule has 0 rings (SSSR count). The average Bonchev–Trinajstić information content (AvgIpc) is 2.38. The van der Waals surface area contributed by atoms with Crippen molar-refractivity contribution in [1.82, 2.24) is 0 Å². The quantitative estimate of drug-likeness (QED) is 0.465. The van der Waals surface area contributed by atoms with Crippen molar-refractivity contribution >= 4 is 0 Å². The average molecular weight is 293 g/mol. The smallest absolute Gasteiger partial charge is 0.0620 e. The van der Waals surface area contributed by atoms with Gasteiger partial charge in [-0.2, -0.15) is 0 Å². The first-order chi connectivity index (χ1) is 9.76. The van der Waals surface area contributed by atoms with Crippen molar-refractivity contribution in [3.63, 3.8) is 0 Å².